The van der Waals surface area contributed by atoms with Crippen LogP contribution in [0.1, 0.15) is 5.56 Å². The lowest BCUT2D eigenvalue weighted by atomic mass is 10.2. The van der Waals surface area contributed by atoms with Crippen molar-refractivity contribution in [2.24, 2.45) is 0 Å². The summed E-state index contributed by atoms with van der Waals surface area (Å²) in [6.45, 7) is 2.06. The van der Waals surface area contributed by atoms with E-state index in [0.717, 1.165) is 27.7 Å². The number of benzene rings is 3. The molecule has 0 aliphatic rings. The minimum absolute atomic E-state index is 0.610. The molecule has 2 heterocycles. The highest BCUT2D eigenvalue weighted by Crippen LogP contribution is 2.31. The first kappa shape index (κ1) is 16.3. The number of para-hydroxylation sites is 3. The van der Waals surface area contributed by atoms with Gasteiger partial charge in [0.15, 0.2) is 17.3 Å². The lowest BCUT2D eigenvalue weighted by Crippen LogP contribution is -2.12. The van der Waals surface area contributed by atoms with Gasteiger partial charge in [0, 0.05) is 5.39 Å². The van der Waals surface area contributed by atoms with E-state index in [0.29, 0.717) is 17.3 Å². The number of aromatic nitrogens is 2. The minimum Gasteiger partial charge on any atom is -0.454 e. The zero-order valence-electron chi connectivity index (χ0n) is 15.3. The lowest BCUT2D eigenvalue weighted by molar-refractivity contribution is 0.629. The zero-order chi connectivity index (χ0) is 18.9. The van der Waals surface area contributed by atoms with Crippen molar-refractivity contribution in [2.45, 2.75) is 6.92 Å². The van der Waals surface area contributed by atoms with Crippen LogP contribution in [0.25, 0.3) is 33.5 Å². The number of hydrogen-bond acceptors (Lipinski definition) is 5. The SMILES string of the molecule is Cc1ccc(NNc2nc3ccccc3nc2-c2cc3ccccc3o2)cc1. The summed E-state index contributed by atoms with van der Waals surface area (Å²) < 4.78 is 6.04. The monoisotopic (exact) mass is 366 g/mol. The van der Waals surface area contributed by atoms with E-state index in [2.05, 4.69) is 29.9 Å². The van der Waals surface area contributed by atoms with Gasteiger partial charge in [-0.2, -0.15) is 0 Å². The molecule has 5 nitrogen and oxygen atoms in total. The van der Waals surface area contributed by atoms with E-state index in [4.69, 9.17) is 14.4 Å². The van der Waals surface area contributed by atoms with Crippen molar-refractivity contribution >= 4 is 33.5 Å². The lowest BCUT2D eigenvalue weighted by Gasteiger charge is -2.12. The van der Waals surface area contributed by atoms with Crippen LogP contribution in [0.4, 0.5) is 11.5 Å². The number of aryl methyl sites for hydroxylation is 1. The Hall–Kier alpha value is -3.86. The number of nitrogens with zero attached hydrogens (tertiary/aromatic N) is 2. The highest BCUT2D eigenvalue weighted by Gasteiger charge is 2.15. The summed E-state index contributed by atoms with van der Waals surface area (Å²) in [4.78, 5) is 9.57. The van der Waals surface area contributed by atoms with Gasteiger partial charge in [0.25, 0.3) is 0 Å². The molecule has 5 heteroatoms. The first-order valence-electron chi connectivity index (χ1n) is 9.11. The van der Waals surface area contributed by atoms with E-state index in [-0.39, 0.29) is 0 Å². The van der Waals surface area contributed by atoms with Gasteiger partial charge in [-0.05, 0) is 43.3 Å². The third kappa shape index (κ3) is 3.03. The van der Waals surface area contributed by atoms with Crippen LogP contribution in [0.5, 0.6) is 0 Å². The van der Waals surface area contributed by atoms with Crippen molar-refractivity contribution in [3.63, 3.8) is 0 Å². The Morgan fingerprint density at radius 3 is 2.25 bits per heavy atom. The van der Waals surface area contributed by atoms with E-state index < -0.39 is 0 Å². The average molecular weight is 366 g/mol. The van der Waals surface area contributed by atoms with Crippen LogP contribution in [0.2, 0.25) is 0 Å². The van der Waals surface area contributed by atoms with E-state index in [1.54, 1.807) is 0 Å². The molecule has 0 saturated heterocycles. The molecule has 0 saturated carbocycles. The van der Waals surface area contributed by atoms with Crippen molar-refractivity contribution in [1.29, 1.82) is 0 Å². The number of furan rings is 1. The van der Waals surface area contributed by atoms with Gasteiger partial charge in [0.05, 0.1) is 16.7 Å². The molecular weight excluding hydrogens is 348 g/mol. The molecule has 136 valence electrons. The topological polar surface area (TPSA) is 63.0 Å². The molecule has 0 atom stereocenters. The fraction of sp³-hybridized carbons (Fsp3) is 0.0435. The molecule has 2 aromatic heterocycles. The van der Waals surface area contributed by atoms with Crippen molar-refractivity contribution in [3.05, 3.63) is 84.4 Å². The Morgan fingerprint density at radius 2 is 1.46 bits per heavy atom. The molecule has 0 fully saturated rings. The summed E-state index contributed by atoms with van der Waals surface area (Å²) >= 11 is 0. The van der Waals surface area contributed by atoms with Crippen LogP contribution >= 0.6 is 0 Å². The van der Waals surface area contributed by atoms with Crippen LogP contribution < -0.4 is 10.9 Å². The molecule has 0 aliphatic carbocycles. The second-order valence-electron chi connectivity index (χ2n) is 6.67. The maximum atomic E-state index is 6.04. The van der Waals surface area contributed by atoms with Crippen molar-refractivity contribution in [1.82, 2.24) is 9.97 Å². The number of nitrogens with one attached hydrogen (secondary N) is 2. The molecule has 3 aromatic carbocycles. The highest BCUT2D eigenvalue weighted by molar-refractivity contribution is 5.87. The fourth-order valence-electron chi connectivity index (χ4n) is 3.13. The van der Waals surface area contributed by atoms with Gasteiger partial charge in [0.1, 0.15) is 5.58 Å². The quantitative estimate of drug-likeness (QED) is 0.394. The van der Waals surface area contributed by atoms with Gasteiger partial charge >= 0.3 is 0 Å². The van der Waals surface area contributed by atoms with E-state index in [1.165, 1.54) is 5.56 Å². The first-order valence-corrected chi connectivity index (χ1v) is 9.11. The van der Waals surface area contributed by atoms with Crippen LogP contribution in [0, 0.1) is 6.92 Å². The Kier molecular flexibility index (Phi) is 3.91. The Bertz CT molecular complexity index is 1240. The third-order valence-electron chi connectivity index (χ3n) is 4.61. The maximum Gasteiger partial charge on any atom is 0.175 e. The predicted molar refractivity (Wildman–Crippen MR) is 113 cm³/mol. The molecule has 0 radical (unpaired) electrons. The van der Waals surface area contributed by atoms with Gasteiger partial charge in [-0.15, -0.1) is 0 Å². The highest BCUT2D eigenvalue weighted by atomic mass is 16.3. The number of hydrazine groups is 1. The maximum absolute atomic E-state index is 6.04. The Morgan fingerprint density at radius 1 is 0.750 bits per heavy atom. The molecule has 0 spiro atoms. The Labute approximate surface area is 162 Å². The van der Waals surface area contributed by atoms with Crippen LogP contribution in [-0.4, -0.2) is 9.97 Å². The summed E-state index contributed by atoms with van der Waals surface area (Å²) in [5.41, 5.74) is 11.7. The normalized spacial score (nSPS) is 11.0. The molecule has 0 amide bonds. The molecule has 5 rings (SSSR count). The van der Waals surface area contributed by atoms with Gasteiger partial charge in [-0.3, -0.25) is 10.9 Å². The Balaban J connectivity index is 1.59. The van der Waals surface area contributed by atoms with E-state index in [9.17, 15) is 0 Å². The number of anilines is 2. The summed E-state index contributed by atoms with van der Waals surface area (Å²) in [6.07, 6.45) is 0. The predicted octanol–water partition coefficient (Wildman–Crippen LogP) is 5.79. The van der Waals surface area contributed by atoms with E-state index in [1.807, 2.05) is 66.7 Å². The summed E-state index contributed by atoms with van der Waals surface area (Å²) in [5.74, 6) is 1.28. The molecule has 5 aromatic rings. The number of rotatable bonds is 4. The van der Waals surface area contributed by atoms with Crippen molar-refractivity contribution < 1.29 is 4.42 Å². The fourth-order valence-corrected chi connectivity index (χ4v) is 3.13. The third-order valence-corrected chi connectivity index (χ3v) is 4.61. The second kappa shape index (κ2) is 6.70. The van der Waals surface area contributed by atoms with Crippen LogP contribution in [0.15, 0.2) is 83.3 Å². The number of fused-ring (bicyclic) bond motifs is 2. The molecule has 28 heavy (non-hydrogen) atoms. The first-order chi connectivity index (χ1) is 13.8. The second-order valence-corrected chi connectivity index (χ2v) is 6.67. The average Bonchev–Trinajstić information content (AvgIpc) is 3.17. The smallest absolute Gasteiger partial charge is 0.175 e. The zero-order valence-corrected chi connectivity index (χ0v) is 15.3. The minimum atomic E-state index is 0.610. The molecule has 2 N–H and O–H groups in total. The van der Waals surface area contributed by atoms with Crippen molar-refractivity contribution in [2.75, 3.05) is 10.9 Å². The van der Waals surface area contributed by atoms with Gasteiger partial charge in [0.2, 0.25) is 0 Å². The largest absolute Gasteiger partial charge is 0.454 e. The summed E-state index contributed by atoms with van der Waals surface area (Å²) in [6, 6.07) is 25.8. The van der Waals surface area contributed by atoms with E-state index >= 15 is 0 Å². The van der Waals surface area contributed by atoms with Gasteiger partial charge in [-0.25, -0.2) is 9.97 Å². The summed E-state index contributed by atoms with van der Waals surface area (Å²) in [7, 11) is 0. The van der Waals surface area contributed by atoms with Gasteiger partial charge in [-0.1, -0.05) is 48.0 Å². The summed E-state index contributed by atoms with van der Waals surface area (Å²) in [5, 5.41) is 1.03. The van der Waals surface area contributed by atoms with Crippen LogP contribution in [-0.2, 0) is 0 Å². The molecule has 0 unspecified atom stereocenters. The molecule has 0 bridgehead atoms. The standard InChI is InChI=1S/C23H18N4O/c1-15-10-12-17(13-11-15)26-27-23-22(24-18-7-3-4-8-19(18)25-23)21-14-16-6-2-5-9-20(16)28-21/h2-14,26H,1H3,(H,25,27). The molecular formula is C23H18N4O. The molecule has 0 aliphatic heterocycles. The number of hydrogen-bond donors (Lipinski definition) is 2. The van der Waals surface area contributed by atoms with Crippen molar-refractivity contribution in [3.8, 4) is 11.5 Å². The van der Waals surface area contributed by atoms with Crippen LogP contribution in [0.3, 0.4) is 0 Å². The van der Waals surface area contributed by atoms with Gasteiger partial charge < -0.3 is 4.42 Å².